The molecule has 1 N–H and O–H groups in total. The van der Waals surface area contributed by atoms with Gasteiger partial charge in [-0.3, -0.25) is 0 Å². The Morgan fingerprint density at radius 2 is 1.09 bits per heavy atom. The summed E-state index contributed by atoms with van der Waals surface area (Å²) in [7, 11) is 0. The van der Waals surface area contributed by atoms with E-state index < -0.39 is 0 Å². The van der Waals surface area contributed by atoms with Gasteiger partial charge < -0.3 is 5.11 Å². The second-order valence-electron chi connectivity index (χ2n) is 5.94. The summed E-state index contributed by atoms with van der Waals surface area (Å²) < 4.78 is 0. The van der Waals surface area contributed by atoms with Crippen molar-refractivity contribution < 1.29 is 5.11 Å². The predicted molar refractivity (Wildman–Crippen MR) is 96.0 cm³/mol. The zero-order valence-corrected chi connectivity index (χ0v) is 13.5. The molecule has 0 heterocycles. The summed E-state index contributed by atoms with van der Waals surface area (Å²) in [6, 6.07) is 24.9. The maximum atomic E-state index is 10.7. The number of phenolic OH excluding ortho intramolecular Hbond substituents is 1. The molecular formula is C22H22O. The fraction of sp³-hybridized carbons (Fsp3) is 0.182. The summed E-state index contributed by atoms with van der Waals surface area (Å²) in [5.41, 5.74) is 5.76. The fourth-order valence-corrected chi connectivity index (χ4v) is 2.94. The third-order valence-electron chi connectivity index (χ3n) is 4.21. The largest absolute Gasteiger partial charge is 0.507 e. The lowest BCUT2D eigenvalue weighted by Crippen LogP contribution is -1.97. The molecule has 23 heavy (non-hydrogen) atoms. The molecule has 3 aromatic carbocycles. The lowest BCUT2D eigenvalue weighted by atomic mass is 9.94. The molecule has 0 aliphatic heterocycles. The van der Waals surface area contributed by atoms with Gasteiger partial charge in [0.25, 0.3) is 0 Å². The van der Waals surface area contributed by atoms with Gasteiger partial charge in [-0.1, -0.05) is 79.7 Å². The van der Waals surface area contributed by atoms with Crippen LogP contribution in [0.15, 0.2) is 72.8 Å². The van der Waals surface area contributed by atoms with E-state index in [2.05, 4.69) is 43.3 Å². The van der Waals surface area contributed by atoms with Crippen molar-refractivity contribution >= 4 is 0 Å². The van der Waals surface area contributed by atoms with Crippen molar-refractivity contribution in [1.82, 2.24) is 0 Å². The highest BCUT2D eigenvalue weighted by Crippen LogP contribution is 2.29. The van der Waals surface area contributed by atoms with E-state index in [9.17, 15) is 5.11 Å². The van der Waals surface area contributed by atoms with Crippen molar-refractivity contribution in [2.24, 2.45) is 0 Å². The SMILES string of the molecule is CCc1cc(Cc2ccccc2)c(O)c(Cc2ccccc2)c1. The van der Waals surface area contributed by atoms with E-state index in [4.69, 9.17) is 0 Å². The van der Waals surface area contributed by atoms with Gasteiger partial charge in [-0.25, -0.2) is 0 Å². The second kappa shape index (κ2) is 7.15. The molecule has 0 aliphatic rings. The Bertz CT molecular complexity index is 698. The summed E-state index contributed by atoms with van der Waals surface area (Å²) in [4.78, 5) is 0. The van der Waals surface area contributed by atoms with E-state index in [0.29, 0.717) is 5.75 Å². The van der Waals surface area contributed by atoms with Crippen LogP contribution in [-0.2, 0) is 19.3 Å². The Labute approximate surface area is 138 Å². The Kier molecular flexibility index (Phi) is 4.77. The number of phenols is 1. The Balaban J connectivity index is 1.95. The van der Waals surface area contributed by atoms with Gasteiger partial charge in [-0.05, 0) is 34.2 Å². The molecule has 0 fully saturated rings. The molecule has 0 atom stereocenters. The van der Waals surface area contributed by atoms with Crippen molar-refractivity contribution in [3.05, 3.63) is 101 Å². The summed E-state index contributed by atoms with van der Waals surface area (Å²) in [6.07, 6.45) is 2.51. The highest BCUT2D eigenvalue weighted by Gasteiger charge is 2.11. The molecule has 0 aromatic heterocycles. The molecule has 0 saturated heterocycles. The number of hydrogen-bond donors (Lipinski definition) is 1. The average molecular weight is 302 g/mol. The molecule has 0 aliphatic carbocycles. The summed E-state index contributed by atoms with van der Waals surface area (Å²) >= 11 is 0. The maximum absolute atomic E-state index is 10.7. The van der Waals surface area contributed by atoms with Crippen LogP contribution in [0.1, 0.15) is 34.7 Å². The Hall–Kier alpha value is -2.54. The molecule has 0 radical (unpaired) electrons. The van der Waals surface area contributed by atoms with Crippen LogP contribution in [0.3, 0.4) is 0 Å². The Morgan fingerprint density at radius 3 is 1.48 bits per heavy atom. The van der Waals surface area contributed by atoms with Gasteiger partial charge in [0.1, 0.15) is 5.75 Å². The van der Waals surface area contributed by atoms with Crippen LogP contribution in [0, 0.1) is 0 Å². The maximum Gasteiger partial charge on any atom is 0.122 e. The van der Waals surface area contributed by atoms with Crippen molar-refractivity contribution in [2.45, 2.75) is 26.2 Å². The van der Waals surface area contributed by atoms with Crippen LogP contribution in [0.2, 0.25) is 0 Å². The lowest BCUT2D eigenvalue weighted by Gasteiger charge is -2.13. The predicted octanol–water partition coefficient (Wildman–Crippen LogP) is 5.14. The van der Waals surface area contributed by atoms with E-state index in [1.165, 1.54) is 16.7 Å². The van der Waals surface area contributed by atoms with Crippen molar-refractivity contribution in [2.75, 3.05) is 0 Å². The van der Waals surface area contributed by atoms with Gasteiger partial charge in [-0.15, -0.1) is 0 Å². The molecule has 1 nitrogen and oxygen atoms in total. The smallest absolute Gasteiger partial charge is 0.122 e. The van der Waals surface area contributed by atoms with E-state index >= 15 is 0 Å². The molecule has 1 heteroatoms. The highest BCUT2D eigenvalue weighted by atomic mass is 16.3. The number of aryl methyl sites for hydroxylation is 1. The molecule has 116 valence electrons. The quantitative estimate of drug-likeness (QED) is 0.692. The van der Waals surface area contributed by atoms with Crippen LogP contribution in [0.25, 0.3) is 0 Å². The molecular weight excluding hydrogens is 280 g/mol. The average Bonchev–Trinajstić information content (AvgIpc) is 2.60. The number of rotatable bonds is 5. The zero-order valence-electron chi connectivity index (χ0n) is 13.5. The summed E-state index contributed by atoms with van der Waals surface area (Å²) in [6.45, 7) is 2.16. The van der Waals surface area contributed by atoms with Gasteiger partial charge in [0.15, 0.2) is 0 Å². The molecule has 0 amide bonds. The van der Waals surface area contributed by atoms with Gasteiger partial charge in [0, 0.05) is 12.8 Å². The van der Waals surface area contributed by atoms with Gasteiger partial charge in [0.05, 0.1) is 0 Å². The minimum atomic E-state index is 0.440. The van der Waals surface area contributed by atoms with E-state index in [0.717, 1.165) is 30.4 Å². The third-order valence-corrected chi connectivity index (χ3v) is 4.21. The van der Waals surface area contributed by atoms with Crippen LogP contribution >= 0.6 is 0 Å². The molecule has 0 unspecified atom stereocenters. The number of aromatic hydroxyl groups is 1. The summed E-state index contributed by atoms with van der Waals surface area (Å²) in [5, 5.41) is 10.7. The van der Waals surface area contributed by atoms with E-state index in [-0.39, 0.29) is 0 Å². The molecule has 3 rings (SSSR count). The Morgan fingerprint density at radius 1 is 0.652 bits per heavy atom. The first-order valence-corrected chi connectivity index (χ1v) is 8.17. The number of benzene rings is 3. The van der Waals surface area contributed by atoms with Crippen LogP contribution in [0.5, 0.6) is 5.75 Å². The van der Waals surface area contributed by atoms with Crippen molar-refractivity contribution in [3.63, 3.8) is 0 Å². The monoisotopic (exact) mass is 302 g/mol. The first-order chi connectivity index (χ1) is 11.3. The molecule has 3 aromatic rings. The second-order valence-corrected chi connectivity index (χ2v) is 5.94. The molecule has 0 saturated carbocycles. The molecule has 0 bridgehead atoms. The fourth-order valence-electron chi connectivity index (χ4n) is 2.94. The number of hydrogen-bond acceptors (Lipinski definition) is 1. The van der Waals surface area contributed by atoms with Crippen molar-refractivity contribution in [1.29, 1.82) is 0 Å². The highest BCUT2D eigenvalue weighted by molar-refractivity contribution is 5.47. The van der Waals surface area contributed by atoms with Crippen LogP contribution < -0.4 is 0 Å². The first kappa shape index (κ1) is 15.4. The van der Waals surface area contributed by atoms with E-state index in [1.807, 2.05) is 36.4 Å². The topological polar surface area (TPSA) is 20.2 Å². The molecule has 0 spiro atoms. The van der Waals surface area contributed by atoms with Gasteiger partial charge in [-0.2, -0.15) is 0 Å². The van der Waals surface area contributed by atoms with Crippen LogP contribution in [0.4, 0.5) is 0 Å². The third kappa shape index (κ3) is 3.81. The minimum Gasteiger partial charge on any atom is -0.507 e. The van der Waals surface area contributed by atoms with Gasteiger partial charge >= 0.3 is 0 Å². The zero-order chi connectivity index (χ0) is 16.1. The van der Waals surface area contributed by atoms with Gasteiger partial charge in [0.2, 0.25) is 0 Å². The lowest BCUT2D eigenvalue weighted by molar-refractivity contribution is 0.463. The van der Waals surface area contributed by atoms with E-state index in [1.54, 1.807) is 0 Å². The standard InChI is InChI=1S/C22H22O/c1-2-17-13-20(15-18-9-5-3-6-10-18)22(23)21(14-17)16-19-11-7-4-8-12-19/h3-14,23H,2,15-16H2,1H3. The first-order valence-electron chi connectivity index (χ1n) is 8.17. The minimum absolute atomic E-state index is 0.440. The summed E-state index contributed by atoms with van der Waals surface area (Å²) in [5.74, 6) is 0.440. The van der Waals surface area contributed by atoms with Crippen LogP contribution in [-0.4, -0.2) is 5.11 Å². The van der Waals surface area contributed by atoms with Crippen molar-refractivity contribution in [3.8, 4) is 5.75 Å². The normalized spacial score (nSPS) is 10.7.